The lowest BCUT2D eigenvalue weighted by atomic mass is 10.1. The van der Waals surface area contributed by atoms with Gasteiger partial charge in [0.05, 0.1) is 6.04 Å². The van der Waals surface area contributed by atoms with Crippen LogP contribution in [0.15, 0.2) is 30.3 Å². The molecule has 0 aliphatic carbocycles. The zero-order valence-electron chi connectivity index (χ0n) is 11.1. The van der Waals surface area contributed by atoms with Crippen LogP contribution in [0.25, 0.3) is 0 Å². The monoisotopic (exact) mass is 266 g/mol. The van der Waals surface area contributed by atoms with Gasteiger partial charge in [-0.2, -0.15) is 11.8 Å². The summed E-state index contributed by atoms with van der Waals surface area (Å²) < 4.78 is 0. The van der Waals surface area contributed by atoms with E-state index >= 15 is 0 Å². The fourth-order valence-corrected chi connectivity index (χ4v) is 2.23. The molecule has 0 heterocycles. The summed E-state index contributed by atoms with van der Waals surface area (Å²) in [6.07, 6.45) is 3.58. The van der Waals surface area contributed by atoms with Gasteiger partial charge in [0.15, 0.2) is 0 Å². The zero-order valence-corrected chi connectivity index (χ0v) is 11.9. The Morgan fingerprint density at radius 1 is 1.39 bits per heavy atom. The van der Waals surface area contributed by atoms with Crippen LogP contribution in [-0.4, -0.2) is 30.0 Å². The molecule has 0 radical (unpaired) electrons. The lowest BCUT2D eigenvalue weighted by Crippen LogP contribution is -2.45. The van der Waals surface area contributed by atoms with Crippen LogP contribution in [0.5, 0.6) is 0 Å². The van der Waals surface area contributed by atoms with Crippen LogP contribution in [0.2, 0.25) is 0 Å². The number of rotatable bonds is 7. The van der Waals surface area contributed by atoms with E-state index in [1.54, 1.807) is 11.8 Å². The van der Waals surface area contributed by atoms with Gasteiger partial charge in [-0.25, -0.2) is 0 Å². The van der Waals surface area contributed by atoms with Crippen molar-refractivity contribution >= 4 is 17.7 Å². The summed E-state index contributed by atoms with van der Waals surface area (Å²) in [5.41, 5.74) is 7.04. The molecule has 1 amide bonds. The summed E-state index contributed by atoms with van der Waals surface area (Å²) >= 11 is 1.71. The summed E-state index contributed by atoms with van der Waals surface area (Å²) in [6, 6.07) is 9.86. The standard InChI is InChI=1S/C14H22N2OS/c1-11(10-12-6-4-3-5-7-12)16-14(17)13(15)8-9-18-2/h3-7,11,13H,8-10,15H2,1-2H3,(H,16,17)/t11?,13-/m0/s1. The van der Waals surface area contributed by atoms with E-state index in [4.69, 9.17) is 5.73 Å². The van der Waals surface area contributed by atoms with Crippen LogP contribution in [0.3, 0.4) is 0 Å². The third-order valence-corrected chi connectivity index (χ3v) is 3.39. The second-order valence-corrected chi connectivity index (χ2v) is 5.47. The maximum Gasteiger partial charge on any atom is 0.237 e. The van der Waals surface area contributed by atoms with Crippen molar-refractivity contribution in [2.24, 2.45) is 5.73 Å². The van der Waals surface area contributed by atoms with Gasteiger partial charge in [-0.3, -0.25) is 4.79 Å². The predicted octanol–water partition coefficient (Wildman–Crippen LogP) is 1.81. The number of nitrogens with two attached hydrogens (primary N) is 1. The summed E-state index contributed by atoms with van der Waals surface area (Å²) in [5.74, 6) is 0.870. The van der Waals surface area contributed by atoms with Crippen molar-refractivity contribution in [1.82, 2.24) is 5.32 Å². The van der Waals surface area contributed by atoms with Crippen LogP contribution in [0, 0.1) is 0 Å². The summed E-state index contributed by atoms with van der Waals surface area (Å²) in [4.78, 5) is 11.8. The van der Waals surface area contributed by atoms with Crippen molar-refractivity contribution in [2.45, 2.75) is 31.8 Å². The molecule has 0 fully saturated rings. The molecule has 1 unspecified atom stereocenters. The van der Waals surface area contributed by atoms with Gasteiger partial charge in [-0.1, -0.05) is 30.3 Å². The Balaban J connectivity index is 2.35. The molecule has 0 aliphatic heterocycles. The average molecular weight is 266 g/mol. The highest BCUT2D eigenvalue weighted by Gasteiger charge is 2.15. The van der Waals surface area contributed by atoms with Crippen LogP contribution < -0.4 is 11.1 Å². The first-order valence-corrected chi connectivity index (χ1v) is 7.61. The van der Waals surface area contributed by atoms with E-state index < -0.39 is 6.04 Å². The molecule has 0 bridgehead atoms. The van der Waals surface area contributed by atoms with Crippen molar-refractivity contribution in [3.63, 3.8) is 0 Å². The molecular formula is C14H22N2OS. The van der Waals surface area contributed by atoms with E-state index in [-0.39, 0.29) is 11.9 Å². The molecule has 0 aromatic heterocycles. The lowest BCUT2D eigenvalue weighted by Gasteiger charge is -2.17. The number of carbonyl (C=O) groups excluding carboxylic acids is 1. The number of amides is 1. The van der Waals surface area contributed by atoms with Crippen LogP contribution >= 0.6 is 11.8 Å². The summed E-state index contributed by atoms with van der Waals surface area (Å²) in [5, 5.41) is 2.96. The molecule has 0 saturated heterocycles. The molecule has 0 saturated carbocycles. The maximum absolute atomic E-state index is 11.8. The smallest absolute Gasteiger partial charge is 0.237 e. The SMILES string of the molecule is CSCC[C@H](N)C(=O)NC(C)Cc1ccccc1. The second-order valence-electron chi connectivity index (χ2n) is 4.49. The Hall–Kier alpha value is -1.00. The van der Waals surface area contributed by atoms with Gasteiger partial charge in [0.2, 0.25) is 5.91 Å². The largest absolute Gasteiger partial charge is 0.352 e. The van der Waals surface area contributed by atoms with Gasteiger partial charge in [0, 0.05) is 6.04 Å². The summed E-state index contributed by atoms with van der Waals surface area (Å²) in [7, 11) is 0. The Morgan fingerprint density at radius 2 is 2.06 bits per heavy atom. The van der Waals surface area contributed by atoms with Gasteiger partial charge in [-0.05, 0) is 37.3 Å². The van der Waals surface area contributed by atoms with E-state index in [1.807, 2.05) is 31.4 Å². The van der Waals surface area contributed by atoms with Crippen molar-refractivity contribution < 1.29 is 4.79 Å². The van der Waals surface area contributed by atoms with E-state index in [1.165, 1.54) is 5.56 Å². The first-order valence-electron chi connectivity index (χ1n) is 6.22. The number of benzene rings is 1. The first kappa shape index (κ1) is 15.1. The van der Waals surface area contributed by atoms with Crippen LogP contribution in [-0.2, 0) is 11.2 Å². The fourth-order valence-electron chi connectivity index (χ4n) is 1.74. The van der Waals surface area contributed by atoms with E-state index in [0.717, 1.165) is 18.6 Å². The molecule has 3 nitrogen and oxygen atoms in total. The Kier molecular flexibility index (Phi) is 6.83. The highest BCUT2D eigenvalue weighted by Crippen LogP contribution is 2.04. The highest BCUT2D eigenvalue weighted by atomic mass is 32.2. The van der Waals surface area contributed by atoms with E-state index in [9.17, 15) is 4.79 Å². The molecule has 2 atom stereocenters. The van der Waals surface area contributed by atoms with E-state index in [0.29, 0.717) is 0 Å². The Bertz CT molecular complexity index is 356. The normalized spacial score (nSPS) is 13.9. The number of nitrogens with one attached hydrogen (secondary N) is 1. The fraction of sp³-hybridized carbons (Fsp3) is 0.500. The number of carbonyl (C=O) groups is 1. The minimum atomic E-state index is -0.393. The molecule has 4 heteroatoms. The quantitative estimate of drug-likeness (QED) is 0.791. The molecule has 0 spiro atoms. The number of hydrogen-bond donors (Lipinski definition) is 2. The van der Waals surface area contributed by atoms with Gasteiger partial charge < -0.3 is 11.1 Å². The summed E-state index contributed by atoms with van der Waals surface area (Å²) in [6.45, 7) is 2.01. The maximum atomic E-state index is 11.8. The molecule has 1 aromatic rings. The molecule has 1 aromatic carbocycles. The van der Waals surface area contributed by atoms with Crippen molar-refractivity contribution in [1.29, 1.82) is 0 Å². The lowest BCUT2D eigenvalue weighted by molar-refractivity contribution is -0.122. The van der Waals surface area contributed by atoms with Crippen molar-refractivity contribution in [2.75, 3.05) is 12.0 Å². The molecule has 1 rings (SSSR count). The van der Waals surface area contributed by atoms with Gasteiger partial charge >= 0.3 is 0 Å². The van der Waals surface area contributed by atoms with Crippen molar-refractivity contribution in [3.05, 3.63) is 35.9 Å². The topological polar surface area (TPSA) is 55.1 Å². The third-order valence-electron chi connectivity index (χ3n) is 2.74. The van der Waals surface area contributed by atoms with E-state index in [2.05, 4.69) is 17.4 Å². The minimum Gasteiger partial charge on any atom is -0.352 e. The molecular weight excluding hydrogens is 244 g/mol. The van der Waals surface area contributed by atoms with Crippen molar-refractivity contribution in [3.8, 4) is 0 Å². The van der Waals surface area contributed by atoms with Gasteiger partial charge in [0.25, 0.3) is 0 Å². The number of thioether (sulfide) groups is 1. The van der Waals surface area contributed by atoms with Gasteiger partial charge in [0.1, 0.15) is 0 Å². The highest BCUT2D eigenvalue weighted by molar-refractivity contribution is 7.98. The molecule has 0 aliphatic rings. The molecule has 3 N–H and O–H groups in total. The first-order chi connectivity index (χ1) is 8.63. The van der Waals surface area contributed by atoms with Crippen LogP contribution in [0.4, 0.5) is 0 Å². The minimum absolute atomic E-state index is 0.0486. The third kappa shape index (κ3) is 5.56. The predicted molar refractivity (Wildman–Crippen MR) is 78.7 cm³/mol. The average Bonchev–Trinajstić information content (AvgIpc) is 2.36. The number of hydrogen-bond acceptors (Lipinski definition) is 3. The molecule has 100 valence electrons. The Morgan fingerprint density at radius 3 is 2.67 bits per heavy atom. The Labute approximate surface area is 114 Å². The zero-order chi connectivity index (χ0) is 13.4. The van der Waals surface area contributed by atoms with Crippen LogP contribution in [0.1, 0.15) is 18.9 Å². The second kappa shape index (κ2) is 8.16. The van der Waals surface area contributed by atoms with Gasteiger partial charge in [-0.15, -0.1) is 0 Å². The molecule has 18 heavy (non-hydrogen) atoms.